The molecule has 1 N–H and O–H groups in total. The fourth-order valence-electron chi connectivity index (χ4n) is 2.06. The highest BCUT2D eigenvalue weighted by Crippen LogP contribution is 2.27. The molecule has 0 saturated carbocycles. The molecule has 0 bridgehead atoms. The fourth-order valence-corrected chi connectivity index (χ4v) is 2.31. The molecule has 2 atom stereocenters. The first-order valence-electron chi connectivity index (χ1n) is 6.97. The Morgan fingerprint density at radius 1 is 1.45 bits per heavy atom. The Bertz CT molecular complexity index is 557. The molecule has 1 saturated heterocycles. The first kappa shape index (κ1) is 16.6. The highest BCUT2D eigenvalue weighted by molar-refractivity contribution is 6.32. The van der Waals surface area contributed by atoms with Crippen molar-refractivity contribution in [1.82, 2.24) is 0 Å². The van der Waals surface area contributed by atoms with Crippen molar-refractivity contribution in [2.24, 2.45) is 0 Å². The van der Waals surface area contributed by atoms with Crippen LogP contribution in [-0.2, 0) is 19.1 Å². The third-order valence-corrected chi connectivity index (χ3v) is 3.57. The van der Waals surface area contributed by atoms with Gasteiger partial charge in [-0.3, -0.25) is 4.79 Å². The topological polar surface area (TPSA) is 73.9 Å². The van der Waals surface area contributed by atoms with E-state index in [1.165, 1.54) is 14.0 Å². The van der Waals surface area contributed by atoms with E-state index in [0.717, 1.165) is 6.42 Å². The molecule has 1 aromatic carbocycles. The number of rotatable bonds is 5. The molecule has 0 spiro atoms. The molecule has 0 unspecified atom stereocenters. The number of halogens is 1. The Balaban J connectivity index is 1.90. The number of anilines is 1. The summed E-state index contributed by atoms with van der Waals surface area (Å²) in [6.07, 6.45) is -0.0327. The zero-order chi connectivity index (χ0) is 16.1. The van der Waals surface area contributed by atoms with Crippen molar-refractivity contribution in [3.05, 3.63) is 23.2 Å². The third kappa shape index (κ3) is 4.11. The van der Waals surface area contributed by atoms with Crippen molar-refractivity contribution < 1.29 is 23.8 Å². The molecule has 1 aliphatic rings. The Morgan fingerprint density at radius 3 is 2.82 bits per heavy atom. The van der Waals surface area contributed by atoms with Gasteiger partial charge in [0.05, 0.1) is 12.1 Å². The van der Waals surface area contributed by atoms with Gasteiger partial charge in [-0.1, -0.05) is 11.6 Å². The predicted molar refractivity (Wildman–Crippen MR) is 81.2 cm³/mol. The minimum absolute atomic E-state index is 0.379. The van der Waals surface area contributed by atoms with Crippen molar-refractivity contribution >= 4 is 29.2 Å². The van der Waals surface area contributed by atoms with Crippen LogP contribution in [0, 0.1) is 0 Å². The van der Waals surface area contributed by atoms with Crippen molar-refractivity contribution in [2.45, 2.75) is 32.0 Å². The summed E-state index contributed by atoms with van der Waals surface area (Å²) in [6.45, 7) is 2.05. The van der Waals surface area contributed by atoms with Gasteiger partial charge in [-0.15, -0.1) is 0 Å². The lowest BCUT2D eigenvalue weighted by Gasteiger charge is -2.16. The SMILES string of the molecule is COc1ccc(NC(=O)[C@@H](C)OC(=O)[C@@H]2CCCO2)cc1Cl. The lowest BCUT2D eigenvalue weighted by atomic mass is 10.2. The molecule has 7 heteroatoms. The highest BCUT2D eigenvalue weighted by Gasteiger charge is 2.28. The summed E-state index contributed by atoms with van der Waals surface area (Å²) in [5, 5.41) is 3.01. The summed E-state index contributed by atoms with van der Waals surface area (Å²) in [7, 11) is 1.51. The largest absolute Gasteiger partial charge is 0.495 e. The number of methoxy groups -OCH3 is 1. The van der Waals surface area contributed by atoms with Crippen LogP contribution >= 0.6 is 11.6 Å². The number of amides is 1. The van der Waals surface area contributed by atoms with Gasteiger partial charge in [0.2, 0.25) is 0 Å². The number of hydrogen-bond donors (Lipinski definition) is 1. The van der Waals surface area contributed by atoms with Crippen molar-refractivity contribution in [1.29, 1.82) is 0 Å². The lowest BCUT2D eigenvalue weighted by molar-refractivity contribution is -0.162. The molecule has 1 fully saturated rings. The van der Waals surface area contributed by atoms with E-state index in [1.807, 2.05) is 0 Å². The van der Waals surface area contributed by atoms with Crippen LogP contribution in [0.3, 0.4) is 0 Å². The van der Waals surface area contributed by atoms with E-state index in [0.29, 0.717) is 29.5 Å². The molecular formula is C15H18ClNO5. The number of benzene rings is 1. The van der Waals surface area contributed by atoms with E-state index in [9.17, 15) is 9.59 Å². The molecule has 1 amide bonds. The number of esters is 1. The minimum Gasteiger partial charge on any atom is -0.495 e. The zero-order valence-corrected chi connectivity index (χ0v) is 13.2. The minimum atomic E-state index is -0.919. The van der Waals surface area contributed by atoms with E-state index < -0.39 is 24.1 Å². The van der Waals surface area contributed by atoms with E-state index in [1.54, 1.807) is 18.2 Å². The summed E-state index contributed by atoms with van der Waals surface area (Å²) in [6, 6.07) is 4.85. The van der Waals surface area contributed by atoms with Crippen LogP contribution in [0.4, 0.5) is 5.69 Å². The van der Waals surface area contributed by atoms with E-state index in [4.69, 9.17) is 25.8 Å². The van der Waals surface area contributed by atoms with Gasteiger partial charge in [-0.2, -0.15) is 0 Å². The standard InChI is InChI=1S/C15H18ClNO5/c1-9(22-15(19)13-4-3-7-21-13)14(18)17-10-5-6-12(20-2)11(16)8-10/h5-6,8-9,13H,3-4,7H2,1-2H3,(H,17,18)/t9-,13+/m1/s1. The van der Waals surface area contributed by atoms with E-state index in [2.05, 4.69) is 5.32 Å². The Morgan fingerprint density at radius 2 is 2.23 bits per heavy atom. The van der Waals surface area contributed by atoms with Crippen molar-refractivity contribution in [3.63, 3.8) is 0 Å². The van der Waals surface area contributed by atoms with Crippen LogP contribution in [0.5, 0.6) is 5.75 Å². The maximum Gasteiger partial charge on any atom is 0.336 e. The molecule has 0 radical (unpaired) electrons. The summed E-state index contributed by atoms with van der Waals surface area (Å²) in [5.74, 6) is -0.432. The predicted octanol–water partition coefficient (Wildman–Crippen LogP) is 2.40. The number of carbonyl (C=O) groups excluding carboxylic acids is 2. The molecular weight excluding hydrogens is 310 g/mol. The molecule has 0 aromatic heterocycles. The third-order valence-electron chi connectivity index (χ3n) is 3.27. The summed E-state index contributed by atoms with van der Waals surface area (Å²) < 4.78 is 15.4. The average Bonchev–Trinajstić information content (AvgIpc) is 3.01. The molecule has 1 aliphatic heterocycles. The van der Waals surface area contributed by atoms with Crippen LogP contribution in [0.15, 0.2) is 18.2 Å². The van der Waals surface area contributed by atoms with Crippen LogP contribution in [0.25, 0.3) is 0 Å². The fraction of sp³-hybridized carbons (Fsp3) is 0.467. The van der Waals surface area contributed by atoms with Crippen LogP contribution < -0.4 is 10.1 Å². The van der Waals surface area contributed by atoms with Crippen molar-refractivity contribution in [2.75, 3.05) is 19.0 Å². The zero-order valence-electron chi connectivity index (χ0n) is 12.4. The molecule has 22 heavy (non-hydrogen) atoms. The van der Waals surface area contributed by atoms with E-state index >= 15 is 0 Å². The average molecular weight is 328 g/mol. The smallest absolute Gasteiger partial charge is 0.336 e. The molecule has 1 aromatic rings. The van der Waals surface area contributed by atoms with Gasteiger partial charge in [-0.25, -0.2) is 4.79 Å². The first-order chi connectivity index (χ1) is 10.5. The van der Waals surface area contributed by atoms with Gasteiger partial charge in [0.15, 0.2) is 12.2 Å². The second kappa shape index (κ2) is 7.47. The van der Waals surface area contributed by atoms with Crippen LogP contribution in [0.1, 0.15) is 19.8 Å². The molecule has 1 heterocycles. The summed E-state index contributed by atoms with van der Waals surface area (Å²) in [4.78, 5) is 23.8. The molecule has 2 rings (SSSR count). The number of carbonyl (C=O) groups is 2. The van der Waals surface area contributed by atoms with E-state index in [-0.39, 0.29) is 0 Å². The maximum absolute atomic E-state index is 12.0. The van der Waals surface area contributed by atoms with Crippen molar-refractivity contribution in [3.8, 4) is 5.75 Å². The van der Waals surface area contributed by atoms with Gasteiger partial charge >= 0.3 is 5.97 Å². The second-order valence-electron chi connectivity index (χ2n) is 4.92. The van der Waals surface area contributed by atoms with Gasteiger partial charge < -0.3 is 19.5 Å². The van der Waals surface area contributed by atoms with Gasteiger partial charge in [0.25, 0.3) is 5.91 Å². The quantitative estimate of drug-likeness (QED) is 0.841. The highest BCUT2D eigenvalue weighted by atomic mass is 35.5. The van der Waals surface area contributed by atoms with Crippen LogP contribution in [0.2, 0.25) is 5.02 Å². The molecule has 6 nitrogen and oxygen atoms in total. The monoisotopic (exact) mass is 327 g/mol. The Kier molecular flexibility index (Phi) is 5.63. The normalized spacial score (nSPS) is 18.6. The van der Waals surface area contributed by atoms with Gasteiger partial charge in [0, 0.05) is 12.3 Å². The summed E-state index contributed by atoms with van der Waals surface area (Å²) in [5.41, 5.74) is 0.496. The Hall–Kier alpha value is -1.79. The number of nitrogens with one attached hydrogen (secondary N) is 1. The number of ether oxygens (including phenoxy) is 3. The van der Waals surface area contributed by atoms with Gasteiger partial charge in [-0.05, 0) is 38.0 Å². The summed E-state index contributed by atoms with van der Waals surface area (Å²) >= 11 is 5.98. The maximum atomic E-state index is 12.0. The molecule has 0 aliphatic carbocycles. The Labute approximate surface area is 133 Å². The molecule has 120 valence electrons. The number of hydrogen-bond acceptors (Lipinski definition) is 5. The van der Waals surface area contributed by atoms with Gasteiger partial charge in [0.1, 0.15) is 5.75 Å². The second-order valence-corrected chi connectivity index (χ2v) is 5.33. The van der Waals surface area contributed by atoms with Crippen LogP contribution in [-0.4, -0.2) is 37.8 Å². The lowest BCUT2D eigenvalue weighted by Crippen LogP contribution is -2.33. The first-order valence-corrected chi connectivity index (χ1v) is 7.35.